The van der Waals surface area contributed by atoms with Crippen LogP contribution in [-0.4, -0.2) is 36.8 Å². The van der Waals surface area contributed by atoms with E-state index < -0.39 is 5.60 Å². The molecular weight excluding hydrogens is 290 g/mol. The van der Waals surface area contributed by atoms with Gasteiger partial charge in [0.1, 0.15) is 5.60 Å². The highest BCUT2D eigenvalue weighted by molar-refractivity contribution is 5.68. The highest BCUT2D eigenvalue weighted by Gasteiger charge is 2.37. The molecule has 1 saturated heterocycles. The summed E-state index contributed by atoms with van der Waals surface area (Å²) in [6.07, 6.45) is 2.37. The van der Waals surface area contributed by atoms with Gasteiger partial charge in [-0.1, -0.05) is 24.3 Å². The molecule has 0 aromatic heterocycles. The molecule has 0 radical (unpaired) electrons. The molecule has 4 heteroatoms. The van der Waals surface area contributed by atoms with Gasteiger partial charge in [-0.2, -0.15) is 0 Å². The van der Waals surface area contributed by atoms with Crippen molar-refractivity contribution in [1.82, 2.24) is 4.90 Å². The van der Waals surface area contributed by atoms with Crippen LogP contribution >= 0.6 is 0 Å². The summed E-state index contributed by atoms with van der Waals surface area (Å²) in [4.78, 5) is 14.1. The standard InChI is InChI=1S/C19H29NO3/c1-15-9-6-7-10-16(15)19(22-5)11-8-13-20(14-12-19)17(21)23-18(2,3)4/h6-7,9-10H,8,11-14H2,1-5H3. The Morgan fingerprint density at radius 1 is 1.17 bits per heavy atom. The summed E-state index contributed by atoms with van der Waals surface area (Å²) in [5.74, 6) is 0. The lowest BCUT2D eigenvalue weighted by molar-refractivity contribution is -0.0284. The highest BCUT2D eigenvalue weighted by atomic mass is 16.6. The third-order valence-corrected chi connectivity index (χ3v) is 4.47. The Morgan fingerprint density at radius 2 is 1.87 bits per heavy atom. The van der Waals surface area contributed by atoms with Crippen LogP contribution in [0.2, 0.25) is 0 Å². The van der Waals surface area contributed by atoms with Crippen molar-refractivity contribution in [3.63, 3.8) is 0 Å². The topological polar surface area (TPSA) is 38.8 Å². The van der Waals surface area contributed by atoms with Gasteiger partial charge in [-0.25, -0.2) is 4.79 Å². The minimum atomic E-state index is -0.461. The minimum absolute atomic E-state index is 0.228. The van der Waals surface area contributed by atoms with Crippen molar-refractivity contribution in [3.8, 4) is 0 Å². The number of ether oxygens (including phenoxy) is 2. The summed E-state index contributed by atoms with van der Waals surface area (Å²) in [6, 6.07) is 8.36. The molecule has 1 aliphatic heterocycles. The number of carbonyl (C=O) groups excluding carboxylic acids is 1. The monoisotopic (exact) mass is 319 g/mol. The van der Waals surface area contributed by atoms with Gasteiger partial charge in [0.2, 0.25) is 0 Å². The molecule has 128 valence electrons. The van der Waals surface area contributed by atoms with Crippen LogP contribution in [0.15, 0.2) is 24.3 Å². The molecule has 1 unspecified atom stereocenters. The third kappa shape index (κ3) is 4.25. The molecule has 0 spiro atoms. The van der Waals surface area contributed by atoms with Gasteiger partial charge >= 0.3 is 6.09 Å². The lowest BCUT2D eigenvalue weighted by atomic mass is 9.84. The SMILES string of the molecule is COC1(c2ccccc2C)CCCN(C(=O)OC(C)(C)C)CC1. The van der Waals surface area contributed by atoms with Gasteiger partial charge in [-0.3, -0.25) is 0 Å². The molecule has 1 aliphatic rings. The number of nitrogens with zero attached hydrogens (tertiary/aromatic N) is 1. The number of benzene rings is 1. The molecule has 0 N–H and O–H groups in total. The average molecular weight is 319 g/mol. The predicted octanol–water partition coefficient (Wildman–Crippen LogP) is 4.26. The van der Waals surface area contributed by atoms with E-state index in [0.29, 0.717) is 13.1 Å². The molecule has 0 aliphatic carbocycles. The van der Waals surface area contributed by atoms with Gasteiger partial charge < -0.3 is 14.4 Å². The number of hydrogen-bond acceptors (Lipinski definition) is 3. The van der Waals surface area contributed by atoms with Gasteiger partial charge in [-0.15, -0.1) is 0 Å². The Hall–Kier alpha value is -1.55. The van der Waals surface area contributed by atoms with Crippen LogP contribution in [0.25, 0.3) is 0 Å². The van der Waals surface area contributed by atoms with E-state index in [1.165, 1.54) is 11.1 Å². The van der Waals surface area contributed by atoms with E-state index >= 15 is 0 Å². The second-order valence-electron chi connectivity index (χ2n) is 7.33. The van der Waals surface area contributed by atoms with Crippen LogP contribution in [0.3, 0.4) is 0 Å². The zero-order valence-electron chi connectivity index (χ0n) is 15.0. The summed E-state index contributed by atoms with van der Waals surface area (Å²) in [5.41, 5.74) is 1.69. The number of carbonyl (C=O) groups is 1. The lowest BCUT2D eigenvalue weighted by Crippen LogP contribution is -2.38. The first-order chi connectivity index (χ1) is 10.8. The minimum Gasteiger partial charge on any atom is -0.444 e. The van der Waals surface area contributed by atoms with Crippen LogP contribution in [0.5, 0.6) is 0 Å². The smallest absolute Gasteiger partial charge is 0.410 e. The van der Waals surface area contributed by atoms with Gasteiger partial charge in [0.15, 0.2) is 0 Å². The first-order valence-electron chi connectivity index (χ1n) is 8.37. The fourth-order valence-corrected chi connectivity index (χ4v) is 3.28. The fourth-order valence-electron chi connectivity index (χ4n) is 3.28. The van der Waals surface area contributed by atoms with Crippen LogP contribution in [0, 0.1) is 6.92 Å². The second-order valence-corrected chi connectivity index (χ2v) is 7.33. The van der Waals surface area contributed by atoms with E-state index in [9.17, 15) is 4.79 Å². The Morgan fingerprint density at radius 3 is 2.48 bits per heavy atom. The Labute approximate surface area is 139 Å². The quantitative estimate of drug-likeness (QED) is 0.817. The maximum Gasteiger partial charge on any atom is 0.410 e. The highest BCUT2D eigenvalue weighted by Crippen LogP contribution is 2.38. The van der Waals surface area contributed by atoms with Crippen molar-refractivity contribution < 1.29 is 14.3 Å². The number of hydrogen-bond donors (Lipinski definition) is 0. The van der Waals surface area contributed by atoms with Crippen molar-refractivity contribution in [2.75, 3.05) is 20.2 Å². The van der Waals surface area contributed by atoms with E-state index in [-0.39, 0.29) is 11.7 Å². The number of rotatable bonds is 2. The molecule has 1 heterocycles. The fraction of sp³-hybridized carbons (Fsp3) is 0.632. The van der Waals surface area contributed by atoms with Gasteiger partial charge in [0.25, 0.3) is 0 Å². The van der Waals surface area contributed by atoms with E-state index in [1.54, 1.807) is 7.11 Å². The summed E-state index contributed by atoms with van der Waals surface area (Å²) in [5, 5.41) is 0. The van der Waals surface area contributed by atoms with Crippen molar-refractivity contribution >= 4 is 6.09 Å². The molecule has 1 aromatic carbocycles. The van der Waals surface area contributed by atoms with Crippen molar-refractivity contribution in [2.45, 2.75) is 58.2 Å². The normalized spacial score (nSPS) is 22.6. The van der Waals surface area contributed by atoms with E-state index in [1.807, 2.05) is 31.7 Å². The number of amides is 1. The molecule has 1 amide bonds. The summed E-state index contributed by atoms with van der Waals surface area (Å²) >= 11 is 0. The molecule has 1 fully saturated rings. The van der Waals surface area contributed by atoms with Crippen LogP contribution in [-0.2, 0) is 15.1 Å². The molecule has 1 aromatic rings. The number of aryl methyl sites for hydroxylation is 1. The molecular formula is C19H29NO3. The molecule has 2 rings (SSSR count). The number of methoxy groups -OCH3 is 1. The third-order valence-electron chi connectivity index (χ3n) is 4.47. The first kappa shape index (κ1) is 17.8. The summed E-state index contributed by atoms with van der Waals surface area (Å²) in [6.45, 7) is 9.18. The lowest BCUT2D eigenvalue weighted by Gasteiger charge is -2.33. The van der Waals surface area contributed by atoms with Crippen molar-refractivity contribution in [1.29, 1.82) is 0 Å². The Kier molecular flexibility index (Phi) is 5.35. The predicted molar refractivity (Wildman–Crippen MR) is 91.5 cm³/mol. The average Bonchev–Trinajstić information content (AvgIpc) is 2.69. The molecule has 0 saturated carbocycles. The maximum atomic E-state index is 12.3. The zero-order chi connectivity index (χ0) is 17.1. The molecule has 0 bridgehead atoms. The van der Waals surface area contributed by atoms with Crippen LogP contribution in [0.1, 0.15) is 51.2 Å². The Bertz CT molecular complexity index is 550. The van der Waals surface area contributed by atoms with Crippen LogP contribution in [0.4, 0.5) is 4.79 Å². The Balaban J connectivity index is 2.16. The van der Waals surface area contributed by atoms with Crippen LogP contribution < -0.4 is 0 Å². The maximum absolute atomic E-state index is 12.3. The van der Waals surface area contributed by atoms with E-state index in [2.05, 4.69) is 25.1 Å². The van der Waals surface area contributed by atoms with E-state index in [0.717, 1.165) is 19.3 Å². The van der Waals surface area contributed by atoms with Gasteiger partial charge in [0, 0.05) is 20.2 Å². The number of likely N-dealkylation sites (tertiary alicyclic amines) is 1. The van der Waals surface area contributed by atoms with Gasteiger partial charge in [0.05, 0.1) is 5.60 Å². The second kappa shape index (κ2) is 6.91. The molecule has 23 heavy (non-hydrogen) atoms. The summed E-state index contributed by atoms with van der Waals surface area (Å²) < 4.78 is 11.5. The summed E-state index contributed by atoms with van der Waals surface area (Å²) in [7, 11) is 1.77. The molecule has 1 atom stereocenters. The largest absolute Gasteiger partial charge is 0.444 e. The first-order valence-corrected chi connectivity index (χ1v) is 8.37. The van der Waals surface area contributed by atoms with Gasteiger partial charge in [-0.05, 0) is 58.1 Å². The van der Waals surface area contributed by atoms with E-state index in [4.69, 9.17) is 9.47 Å². The van der Waals surface area contributed by atoms with Crippen molar-refractivity contribution in [3.05, 3.63) is 35.4 Å². The van der Waals surface area contributed by atoms with Crippen molar-refractivity contribution in [2.24, 2.45) is 0 Å². The zero-order valence-corrected chi connectivity index (χ0v) is 15.0. The molecule has 4 nitrogen and oxygen atoms in total.